The van der Waals surface area contributed by atoms with Gasteiger partial charge in [-0.05, 0) is 44.6 Å². The van der Waals surface area contributed by atoms with Crippen molar-refractivity contribution in [2.45, 2.75) is 50.6 Å². The molecule has 2 aliphatic heterocycles. The van der Waals surface area contributed by atoms with Crippen LogP contribution in [-0.4, -0.2) is 36.0 Å². The SMILES string of the molecule is O=C([C@H]1CCN1)N1CCCC2CCCC21. The van der Waals surface area contributed by atoms with Gasteiger partial charge in [-0.25, -0.2) is 0 Å². The molecule has 1 amide bonds. The zero-order chi connectivity index (χ0) is 10.3. The Balaban J connectivity index is 1.70. The van der Waals surface area contributed by atoms with Crippen LogP contribution in [0.3, 0.4) is 0 Å². The Bertz CT molecular complexity index is 262. The summed E-state index contributed by atoms with van der Waals surface area (Å²) in [5.74, 6) is 1.21. The molecule has 1 saturated carbocycles. The predicted octanol–water partition coefficient (Wildman–Crippen LogP) is 1.14. The average Bonchev–Trinajstić information content (AvgIpc) is 2.61. The Kier molecular flexibility index (Phi) is 2.43. The maximum atomic E-state index is 12.2. The largest absolute Gasteiger partial charge is 0.338 e. The second-order valence-electron chi connectivity index (χ2n) is 5.23. The van der Waals surface area contributed by atoms with Crippen LogP contribution in [0.2, 0.25) is 0 Å². The van der Waals surface area contributed by atoms with E-state index in [9.17, 15) is 4.79 Å². The maximum absolute atomic E-state index is 12.2. The lowest BCUT2D eigenvalue weighted by Crippen LogP contribution is -2.58. The molecule has 3 heteroatoms. The van der Waals surface area contributed by atoms with Crippen LogP contribution < -0.4 is 5.32 Å². The van der Waals surface area contributed by atoms with Gasteiger partial charge < -0.3 is 10.2 Å². The highest BCUT2D eigenvalue weighted by atomic mass is 16.2. The lowest BCUT2D eigenvalue weighted by atomic mass is 9.90. The van der Waals surface area contributed by atoms with Gasteiger partial charge in [0.1, 0.15) is 0 Å². The van der Waals surface area contributed by atoms with Crippen LogP contribution in [0.25, 0.3) is 0 Å². The smallest absolute Gasteiger partial charge is 0.240 e. The number of amides is 1. The third-order valence-electron chi connectivity index (χ3n) is 4.40. The van der Waals surface area contributed by atoms with Crippen LogP contribution in [0.1, 0.15) is 38.5 Å². The zero-order valence-electron chi connectivity index (χ0n) is 9.24. The van der Waals surface area contributed by atoms with Crippen LogP contribution in [0.4, 0.5) is 0 Å². The summed E-state index contributed by atoms with van der Waals surface area (Å²) in [5.41, 5.74) is 0. The lowest BCUT2D eigenvalue weighted by Gasteiger charge is -2.41. The molecule has 3 rings (SSSR count). The molecule has 1 N–H and O–H groups in total. The number of carbonyl (C=O) groups is 1. The van der Waals surface area contributed by atoms with E-state index in [1.807, 2.05) is 0 Å². The van der Waals surface area contributed by atoms with Crippen molar-refractivity contribution in [1.29, 1.82) is 0 Å². The fourth-order valence-electron chi connectivity index (χ4n) is 3.43. The third kappa shape index (κ3) is 1.57. The molecule has 84 valence electrons. The summed E-state index contributed by atoms with van der Waals surface area (Å²) in [6.45, 7) is 2.04. The highest BCUT2D eigenvalue weighted by Gasteiger charge is 2.40. The lowest BCUT2D eigenvalue weighted by molar-refractivity contribution is -0.139. The second kappa shape index (κ2) is 3.78. The number of rotatable bonds is 1. The second-order valence-corrected chi connectivity index (χ2v) is 5.23. The number of fused-ring (bicyclic) bond motifs is 1. The van der Waals surface area contributed by atoms with Gasteiger partial charge in [0.2, 0.25) is 5.91 Å². The molecule has 1 aliphatic carbocycles. The van der Waals surface area contributed by atoms with Crippen molar-refractivity contribution < 1.29 is 4.79 Å². The molecule has 2 saturated heterocycles. The number of hydrogen-bond donors (Lipinski definition) is 1. The summed E-state index contributed by atoms with van der Waals surface area (Å²) >= 11 is 0. The number of piperidine rings is 1. The summed E-state index contributed by atoms with van der Waals surface area (Å²) in [6, 6.07) is 0.748. The van der Waals surface area contributed by atoms with Crippen molar-refractivity contribution >= 4 is 5.91 Å². The number of hydrogen-bond acceptors (Lipinski definition) is 2. The molecular weight excluding hydrogens is 188 g/mol. The van der Waals surface area contributed by atoms with Gasteiger partial charge >= 0.3 is 0 Å². The molecule has 2 unspecified atom stereocenters. The van der Waals surface area contributed by atoms with Crippen molar-refractivity contribution in [3.8, 4) is 0 Å². The van der Waals surface area contributed by atoms with E-state index in [-0.39, 0.29) is 6.04 Å². The molecule has 0 aromatic carbocycles. The van der Waals surface area contributed by atoms with Gasteiger partial charge in [0, 0.05) is 12.6 Å². The summed E-state index contributed by atoms with van der Waals surface area (Å²) in [6.07, 6.45) is 7.56. The van der Waals surface area contributed by atoms with Gasteiger partial charge in [-0.15, -0.1) is 0 Å². The van der Waals surface area contributed by atoms with Crippen LogP contribution in [0.15, 0.2) is 0 Å². The van der Waals surface area contributed by atoms with E-state index in [1.165, 1.54) is 32.1 Å². The van der Waals surface area contributed by atoms with E-state index in [1.54, 1.807) is 0 Å². The minimum absolute atomic E-state index is 0.157. The topological polar surface area (TPSA) is 32.3 Å². The monoisotopic (exact) mass is 208 g/mol. The minimum Gasteiger partial charge on any atom is -0.338 e. The van der Waals surface area contributed by atoms with E-state index >= 15 is 0 Å². The van der Waals surface area contributed by atoms with Gasteiger partial charge in [-0.3, -0.25) is 4.79 Å². The van der Waals surface area contributed by atoms with Crippen molar-refractivity contribution in [2.75, 3.05) is 13.1 Å². The average molecular weight is 208 g/mol. The van der Waals surface area contributed by atoms with E-state index in [0.29, 0.717) is 11.9 Å². The summed E-state index contributed by atoms with van der Waals surface area (Å²) < 4.78 is 0. The van der Waals surface area contributed by atoms with Crippen LogP contribution in [0.5, 0.6) is 0 Å². The molecule has 3 nitrogen and oxygen atoms in total. The standard InChI is InChI=1S/C12H20N2O/c15-12(10-6-7-13-10)14-8-2-4-9-3-1-5-11(9)14/h9-11,13H,1-8H2/t9?,10-,11?/m1/s1. The molecule has 0 aromatic heterocycles. The molecule has 0 aromatic rings. The van der Waals surface area contributed by atoms with Gasteiger partial charge in [-0.1, -0.05) is 6.42 Å². The predicted molar refractivity (Wildman–Crippen MR) is 58.5 cm³/mol. The molecule has 0 radical (unpaired) electrons. The molecule has 3 atom stereocenters. The maximum Gasteiger partial charge on any atom is 0.240 e. The quantitative estimate of drug-likeness (QED) is 0.701. The zero-order valence-corrected chi connectivity index (χ0v) is 9.24. The summed E-state index contributed by atoms with van der Waals surface area (Å²) in [7, 11) is 0. The first-order chi connectivity index (χ1) is 7.36. The van der Waals surface area contributed by atoms with Crippen molar-refractivity contribution in [2.24, 2.45) is 5.92 Å². The molecule has 0 spiro atoms. The van der Waals surface area contributed by atoms with E-state index in [4.69, 9.17) is 0 Å². The Hall–Kier alpha value is -0.570. The summed E-state index contributed by atoms with van der Waals surface area (Å²) in [4.78, 5) is 14.4. The third-order valence-corrected chi connectivity index (χ3v) is 4.40. The molecule has 2 heterocycles. The van der Waals surface area contributed by atoms with Crippen molar-refractivity contribution in [3.05, 3.63) is 0 Å². The fraction of sp³-hybridized carbons (Fsp3) is 0.917. The molecular formula is C12H20N2O. The Morgan fingerprint density at radius 2 is 1.93 bits per heavy atom. The molecule has 15 heavy (non-hydrogen) atoms. The fourth-order valence-corrected chi connectivity index (χ4v) is 3.43. The highest BCUT2D eigenvalue weighted by Crippen LogP contribution is 2.37. The highest BCUT2D eigenvalue weighted by molar-refractivity contribution is 5.83. The van der Waals surface area contributed by atoms with E-state index in [0.717, 1.165) is 25.4 Å². The van der Waals surface area contributed by atoms with Crippen LogP contribution in [-0.2, 0) is 4.79 Å². The Morgan fingerprint density at radius 3 is 2.67 bits per heavy atom. The minimum atomic E-state index is 0.157. The number of carbonyl (C=O) groups excluding carboxylic acids is 1. The van der Waals surface area contributed by atoms with Gasteiger partial charge in [0.15, 0.2) is 0 Å². The first-order valence-electron chi connectivity index (χ1n) is 6.40. The number of nitrogens with one attached hydrogen (secondary N) is 1. The first-order valence-corrected chi connectivity index (χ1v) is 6.40. The summed E-state index contributed by atoms with van der Waals surface area (Å²) in [5, 5.41) is 3.23. The molecule has 0 bridgehead atoms. The van der Waals surface area contributed by atoms with Crippen LogP contribution in [0, 0.1) is 5.92 Å². The number of likely N-dealkylation sites (tertiary alicyclic amines) is 1. The normalized spacial score (nSPS) is 39.7. The van der Waals surface area contributed by atoms with Crippen molar-refractivity contribution in [3.63, 3.8) is 0 Å². The number of nitrogens with zero attached hydrogens (tertiary/aromatic N) is 1. The Labute approximate surface area is 91.2 Å². The van der Waals surface area contributed by atoms with E-state index < -0.39 is 0 Å². The van der Waals surface area contributed by atoms with E-state index in [2.05, 4.69) is 10.2 Å². The van der Waals surface area contributed by atoms with Crippen LogP contribution >= 0.6 is 0 Å². The Morgan fingerprint density at radius 1 is 1.13 bits per heavy atom. The van der Waals surface area contributed by atoms with Gasteiger partial charge in [-0.2, -0.15) is 0 Å². The first kappa shape index (κ1) is 9.64. The van der Waals surface area contributed by atoms with Gasteiger partial charge in [0.05, 0.1) is 6.04 Å². The van der Waals surface area contributed by atoms with Crippen molar-refractivity contribution in [1.82, 2.24) is 10.2 Å². The van der Waals surface area contributed by atoms with Gasteiger partial charge in [0.25, 0.3) is 0 Å². The molecule has 3 aliphatic rings. The molecule has 3 fully saturated rings.